The van der Waals surface area contributed by atoms with Crippen molar-refractivity contribution >= 4 is 21.6 Å². The van der Waals surface area contributed by atoms with Crippen LogP contribution in [0, 0.1) is 0 Å². The second kappa shape index (κ2) is 6.37. The number of hydrogen-bond acceptors (Lipinski definition) is 5. The predicted molar refractivity (Wildman–Crippen MR) is 85.9 cm³/mol. The fourth-order valence-corrected chi connectivity index (χ4v) is 3.47. The average molecular weight is 355 g/mol. The monoisotopic (exact) mass is 354 g/mol. The van der Waals surface area contributed by atoms with Crippen LogP contribution in [0.5, 0.6) is 11.5 Å². The van der Waals surface area contributed by atoms with Gasteiger partial charge in [0.2, 0.25) is 16.8 Å². The van der Waals surface area contributed by atoms with Crippen LogP contribution in [0.15, 0.2) is 41.3 Å². The van der Waals surface area contributed by atoms with Gasteiger partial charge < -0.3 is 14.8 Å². The number of sulfonamides is 1. The van der Waals surface area contributed by atoms with Crippen molar-refractivity contribution in [2.45, 2.75) is 18.0 Å². The maximum Gasteiger partial charge on any atom is 0.239 e. The van der Waals surface area contributed by atoms with Gasteiger partial charge in [-0.15, -0.1) is 0 Å². The van der Waals surface area contributed by atoms with Crippen molar-refractivity contribution in [3.8, 4) is 11.5 Å². The molecule has 2 aromatic carbocycles. The lowest BCUT2D eigenvalue weighted by atomic mass is 10.1. The summed E-state index contributed by atoms with van der Waals surface area (Å²) in [5.74, 6) is 1.49. The fourth-order valence-electron chi connectivity index (χ4n) is 2.36. The van der Waals surface area contributed by atoms with E-state index < -0.39 is 10.0 Å². The molecule has 3 N–H and O–H groups in total. The van der Waals surface area contributed by atoms with Gasteiger partial charge in [-0.2, -0.15) is 0 Å². The SMILES string of the molecule is NS(=O)(=O)c1ccc(CNCc2cccc3c2OCO3)cc1Cl. The first kappa shape index (κ1) is 16.1. The highest BCUT2D eigenvalue weighted by molar-refractivity contribution is 7.89. The molecule has 0 atom stereocenters. The number of ether oxygens (including phenoxy) is 2. The van der Waals surface area contributed by atoms with Crippen molar-refractivity contribution in [1.29, 1.82) is 0 Å². The molecule has 0 saturated carbocycles. The highest BCUT2D eigenvalue weighted by atomic mass is 35.5. The highest BCUT2D eigenvalue weighted by Gasteiger charge is 2.17. The molecule has 0 saturated heterocycles. The summed E-state index contributed by atoms with van der Waals surface area (Å²) in [4.78, 5) is -0.0747. The van der Waals surface area contributed by atoms with Crippen LogP contribution in [0.1, 0.15) is 11.1 Å². The highest BCUT2D eigenvalue weighted by Crippen LogP contribution is 2.35. The van der Waals surface area contributed by atoms with Gasteiger partial charge in [0.15, 0.2) is 11.5 Å². The minimum absolute atomic E-state index is 0.0747. The smallest absolute Gasteiger partial charge is 0.239 e. The Bertz CT molecular complexity index is 839. The largest absolute Gasteiger partial charge is 0.454 e. The third kappa shape index (κ3) is 3.59. The molecular weight excluding hydrogens is 340 g/mol. The van der Waals surface area contributed by atoms with Gasteiger partial charge in [0, 0.05) is 18.7 Å². The molecular formula is C15H15ClN2O4S. The molecule has 3 rings (SSSR count). The standard InChI is InChI=1S/C15H15ClN2O4S/c16-12-6-10(4-5-14(12)23(17,19)20)7-18-8-11-2-1-3-13-15(11)22-9-21-13/h1-6,18H,7-9H2,(H2,17,19,20). The van der Waals surface area contributed by atoms with Gasteiger partial charge in [-0.25, -0.2) is 13.6 Å². The van der Waals surface area contributed by atoms with Crippen molar-refractivity contribution in [1.82, 2.24) is 5.32 Å². The van der Waals surface area contributed by atoms with E-state index in [1.165, 1.54) is 6.07 Å². The molecule has 0 aliphatic carbocycles. The molecule has 8 heteroatoms. The summed E-state index contributed by atoms with van der Waals surface area (Å²) >= 11 is 5.96. The number of para-hydroxylation sites is 1. The van der Waals surface area contributed by atoms with E-state index in [1.807, 2.05) is 18.2 Å². The van der Waals surface area contributed by atoms with Crippen LogP contribution in [0.3, 0.4) is 0 Å². The van der Waals surface area contributed by atoms with Crippen LogP contribution in [0.25, 0.3) is 0 Å². The third-order valence-corrected chi connectivity index (χ3v) is 4.82. The van der Waals surface area contributed by atoms with Crippen molar-refractivity contribution < 1.29 is 17.9 Å². The van der Waals surface area contributed by atoms with E-state index in [9.17, 15) is 8.42 Å². The lowest BCUT2D eigenvalue weighted by molar-refractivity contribution is 0.173. The van der Waals surface area contributed by atoms with Crippen LogP contribution >= 0.6 is 11.6 Å². The summed E-state index contributed by atoms with van der Waals surface area (Å²) in [5.41, 5.74) is 1.85. The van der Waals surface area contributed by atoms with Crippen molar-refractivity contribution in [2.24, 2.45) is 5.14 Å². The van der Waals surface area contributed by atoms with Crippen LogP contribution in [-0.4, -0.2) is 15.2 Å². The van der Waals surface area contributed by atoms with Crippen LogP contribution < -0.4 is 19.9 Å². The van der Waals surface area contributed by atoms with E-state index >= 15 is 0 Å². The zero-order valence-corrected chi connectivity index (χ0v) is 13.7. The second-order valence-electron chi connectivity index (χ2n) is 5.06. The average Bonchev–Trinajstić information content (AvgIpc) is 2.95. The number of benzene rings is 2. The summed E-state index contributed by atoms with van der Waals surface area (Å²) in [6, 6.07) is 10.4. The maximum absolute atomic E-state index is 11.3. The maximum atomic E-state index is 11.3. The Morgan fingerprint density at radius 3 is 2.74 bits per heavy atom. The summed E-state index contributed by atoms with van der Waals surface area (Å²) in [6.45, 7) is 1.34. The molecule has 1 heterocycles. The lowest BCUT2D eigenvalue weighted by Crippen LogP contribution is -2.15. The first-order valence-electron chi connectivity index (χ1n) is 6.84. The summed E-state index contributed by atoms with van der Waals surface area (Å²) in [5, 5.41) is 8.46. The number of nitrogens with two attached hydrogens (primary N) is 1. The van der Waals surface area contributed by atoms with Gasteiger partial charge in [-0.3, -0.25) is 0 Å². The van der Waals surface area contributed by atoms with Crippen molar-refractivity contribution in [2.75, 3.05) is 6.79 Å². The minimum Gasteiger partial charge on any atom is -0.454 e. The topological polar surface area (TPSA) is 90.7 Å². The van der Waals surface area contributed by atoms with E-state index in [2.05, 4.69) is 5.32 Å². The Balaban J connectivity index is 1.66. The summed E-state index contributed by atoms with van der Waals surface area (Å²) in [7, 11) is -3.80. The first-order chi connectivity index (χ1) is 10.9. The number of primary sulfonamides is 1. The molecule has 0 spiro atoms. The number of nitrogens with one attached hydrogen (secondary N) is 1. The number of halogens is 1. The predicted octanol–water partition coefficient (Wildman–Crippen LogP) is 2.01. The molecule has 0 fully saturated rings. The lowest BCUT2D eigenvalue weighted by Gasteiger charge is -2.09. The Hall–Kier alpha value is -1.80. The molecule has 6 nitrogen and oxygen atoms in total. The Kier molecular flexibility index (Phi) is 4.45. The fraction of sp³-hybridized carbons (Fsp3) is 0.200. The van der Waals surface area contributed by atoms with Gasteiger partial charge in [0.25, 0.3) is 0 Å². The minimum atomic E-state index is -3.80. The quantitative estimate of drug-likeness (QED) is 0.857. The Morgan fingerprint density at radius 2 is 2.00 bits per heavy atom. The van der Waals surface area contributed by atoms with E-state index in [1.54, 1.807) is 12.1 Å². The summed E-state index contributed by atoms with van der Waals surface area (Å²) in [6.07, 6.45) is 0. The molecule has 122 valence electrons. The first-order valence-corrected chi connectivity index (χ1v) is 8.77. The van der Waals surface area contributed by atoms with E-state index in [-0.39, 0.29) is 16.7 Å². The molecule has 0 bridgehead atoms. The van der Waals surface area contributed by atoms with Crippen LogP contribution in [0.2, 0.25) is 5.02 Å². The molecule has 0 radical (unpaired) electrons. The van der Waals surface area contributed by atoms with Gasteiger partial charge >= 0.3 is 0 Å². The molecule has 2 aromatic rings. The van der Waals surface area contributed by atoms with Crippen LogP contribution in [-0.2, 0) is 23.1 Å². The van der Waals surface area contributed by atoms with Crippen molar-refractivity contribution in [3.05, 3.63) is 52.5 Å². The molecule has 1 aliphatic rings. The second-order valence-corrected chi connectivity index (χ2v) is 7.00. The molecule has 0 unspecified atom stereocenters. The number of fused-ring (bicyclic) bond motifs is 1. The normalized spacial score (nSPS) is 13.3. The summed E-state index contributed by atoms with van der Waals surface area (Å²) < 4.78 is 33.4. The number of rotatable bonds is 5. The van der Waals surface area contributed by atoms with Gasteiger partial charge in [-0.05, 0) is 23.8 Å². The molecule has 1 aliphatic heterocycles. The zero-order chi connectivity index (χ0) is 16.4. The van der Waals surface area contributed by atoms with Gasteiger partial charge in [0.1, 0.15) is 4.90 Å². The van der Waals surface area contributed by atoms with E-state index in [4.69, 9.17) is 26.2 Å². The van der Waals surface area contributed by atoms with Gasteiger partial charge in [0.05, 0.1) is 5.02 Å². The van der Waals surface area contributed by atoms with Crippen LogP contribution in [0.4, 0.5) is 0 Å². The molecule has 0 aromatic heterocycles. The Labute approximate surface area is 139 Å². The molecule has 23 heavy (non-hydrogen) atoms. The van der Waals surface area contributed by atoms with E-state index in [0.29, 0.717) is 13.1 Å². The molecule has 0 amide bonds. The zero-order valence-electron chi connectivity index (χ0n) is 12.1. The van der Waals surface area contributed by atoms with E-state index in [0.717, 1.165) is 22.6 Å². The third-order valence-electron chi connectivity index (χ3n) is 3.43. The van der Waals surface area contributed by atoms with Gasteiger partial charge in [-0.1, -0.05) is 29.8 Å². The number of hydrogen-bond donors (Lipinski definition) is 2. The van der Waals surface area contributed by atoms with Crippen molar-refractivity contribution in [3.63, 3.8) is 0 Å². The Morgan fingerprint density at radius 1 is 1.17 bits per heavy atom.